The van der Waals surface area contributed by atoms with Crippen LogP contribution in [0.1, 0.15) is 31.8 Å². The number of nitrogens with zero attached hydrogens (tertiary/aromatic N) is 4. The van der Waals surface area contributed by atoms with E-state index in [2.05, 4.69) is 20.7 Å². The highest BCUT2D eigenvalue weighted by atomic mass is 32.1. The maximum absolute atomic E-state index is 12.5. The molecule has 0 aliphatic heterocycles. The summed E-state index contributed by atoms with van der Waals surface area (Å²) in [6, 6.07) is 15.9. The van der Waals surface area contributed by atoms with Crippen LogP contribution in [0.25, 0.3) is 10.7 Å². The first-order valence-corrected chi connectivity index (χ1v) is 10.7. The Bertz CT molecular complexity index is 1270. The lowest BCUT2D eigenvalue weighted by molar-refractivity contribution is 0.0706. The molecule has 2 aromatic heterocycles. The molecule has 33 heavy (non-hydrogen) atoms. The van der Waals surface area contributed by atoms with Gasteiger partial charge in [-0.15, -0.1) is 21.5 Å². The van der Waals surface area contributed by atoms with E-state index in [-0.39, 0.29) is 5.91 Å². The zero-order chi connectivity index (χ0) is 23.2. The maximum atomic E-state index is 12.5. The van der Waals surface area contributed by atoms with Gasteiger partial charge in [0, 0.05) is 17.5 Å². The molecule has 0 aliphatic rings. The van der Waals surface area contributed by atoms with E-state index in [0.717, 1.165) is 21.8 Å². The van der Waals surface area contributed by atoms with E-state index < -0.39 is 5.91 Å². The molecule has 4 rings (SSSR count). The number of aromatic nitrogens is 4. The smallest absolute Gasteiger partial charge is 0.274 e. The molecular weight excluding hydrogens is 444 g/mol. The van der Waals surface area contributed by atoms with Gasteiger partial charge in [0.15, 0.2) is 0 Å². The average Bonchev–Trinajstić information content (AvgIpc) is 3.52. The fraction of sp³-hybridized carbons (Fsp3) is 0.136. The molecule has 2 heterocycles. The van der Waals surface area contributed by atoms with Crippen LogP contribution in [0.5, 0.6) is 5.75 Å². The molecule has 168 valence electrons. The maximum Gasteiger partial charge on any atom is 0.274 e. The first-order valence-electron chi connectivity index (χ1n) is 9.87. The number of carbonyl (C=O) groups excluding carboxylic acids is 2. The predicted molar refractivity (Wildman–Crippen MR) is 120 cm³/mol. The summed E-state index contributed by atoms with van der Waals surface area (Å²) in [6.45, 7) is 0.738. The molecule has 4 aromatic rings. The Morgan fingerprint density at radius 1 is 1.06 bits per heavy atom. The third-order valence-corrected chi connectivity index (χ3v) is 5.69. The fourth-order valence-electron chi connectivity index (χ4n) is 3.04. The van der Waals surface area contributed by atoms with Gasteiger partial charge in [0.1, 0.15) is 5.75 Å². The number of ether oxygens (including phenoxy) is 1. The number of amides is 2. The van der Waals surface area contributed by atoms with Crippen molar-refractivity contribution in [1.82, 2.24) is 31.0 Å². The molecular formula is C22H20N6O4S. The minimum Gasteiger partial charge on any atom is -0.497 e. The van der Waals surface area contributed by atoms with Crippen molar-refractivity contribution in [1.29, 1.82) is 0 Å². The van der Waals surface area contributed by atoms with Gasteiger partial charge in [-0.25, -0.2) is 5.48 Å². The van der Waals surface area contributed by atoms with E-state index in [1.807, 2.05) is 24.3 Å². The van der Waals surface area contributed by atoms with E-state index in [1.54, 1.807) is 48.3 Å². The number of nitrogens with one attached hydrogen (secondary N) is 2. The molecule has 0 fully saturated rings. The summed E-state index contributed by atoms with van der Waals surface area (Å²) >= 11 is 1.36. The second-order valence-electron chi connectivity index (χ2n) is 7.02. The second-order valence-corrected chi connectivity index (χ2v) is 7.93. The highest BCUT2D eigenvalue weighted by Gasteiger charge is 2.14. The Hall–Kier alpha value is -4.09. The minimum absolute atomic E-state index is 0.195. The second kappa shape index (κ2) is 10.0. The van der Waals surface area contributed by atoms with Gasteiger partial charge in [0.05, 0.1) is 24.1 Å². The first-order chi connectivity index (χ1) is 16.1. The first kappa shape index (κ1) is 22.1. The molecule has 0 saturated carbocycles. The molecule has 0 aliphatic carbocycles. The third-order valence-electron chi connectivity index (χ3n) is 4.76. The van der Waals surface area contributed by atoms with Crippen molar-refractivity contribution in [3.8, 4) is 16.5 Å². The lowest BCUT2D eigenvalue weighted by atomic mass is 10.1. The summed E-state index contributed by atoms with van der Waals surface area (Å²) in [6.07, 6.45) is 0. The van der Waals surface area contributed by atoms with Crippen LogP contribution in [0.2, 0.25) is 0 Å². The van der Waals surface area contributed by atoms with Crippen LogP contribution < -0.4 is 15.5 Å². The third kappa shape index (κ3) is 5.40. The van der Waals surface area contributed by atoms with Crippen LogP contribution in [0.15, 0.2) is 60.0 Å². The fourth-order valence-corrected chi connectivity index (χ4v) is 3.85. The van der Waals surface area contributed by atoms with E-state index in [1.165, 1.54) is 16.1 Å². The number of tetrazole rings is 1. The quantitative estimate of drug-likeness (QED) is 0.270. The minimum atomic E-state index is -0.580. The molecule has 2 amide bonds. The molecule has 11 heteroatoms. The van der Waals surface area contributed by atoms with Crippen LogP contribution in [-0.4, -0.2) is 44.3 Å². The Labute approximate surface area is 192 Å². The molecule has 0 unspecified atom stereocenters. The lowest BCUT2D eigenvalue weighted by Gasteiger charge is -2.06. The summed E-state index contributed by atoms with van der Waals surface area (Å²) in [5.41, 5.74) is 4.25. The van der Waals surface area contributed by atoms with Gasteiger partial charge in [-0.1, -0.05) is 24.3 Å². The topological polar surface area (TPSA) is 131 Å². The number of benzene rings is 2. The Kier molecular flexibility index (Phi) is 6.72. The molecule has 0 atom stereocenters. The number of thiophene rings is 1. The van der Waals surface area contributed by atoms with Crippen LogP contribution in [0, 0.1) is 0 Å². The van der Waals surface area contributed by atoms with E-state index >= 15 is 0 Å². The number of rotatable bonds is 8. The number of hydrogen-bond acceptors (Lipinski definition) is 8. The predicted octanol–water partition coefficient (Wildman–Crippen LogP) is 2.51. The van der Waals surface area contributed by atoms with Gasteiger partial charge in [0.2, 0.25) is 5.82 Å². The Morgan fingerprint density at radius 3 is 2.64 bits per heavy atom. The van der Waals surface area contributed by atoms with Crippen molar-refractivity contribution in [2.45, 2.75) is 13.1 Å². The van der Waals surface area contributed by atoms with Crippen LogP contribution in [0.4, 0.5) is 0 Å². The molecule has 0 radical (unpaired) electrons. The molecule has 3 N–H and O–H groups in total. The zero-order valence-electron chi connectivity index (χ0n) is 17.6. The van der Waals surface area contributed by atoms with E-state index in [4.69, 9.17) is 9.94 Å². The van der Waals surface area contributed by atoms with Crippen LogP contribution >= 0.6 is 11.3 Å². The zero-order valence-corrected chi connectivity index (χ0v) is 18.4. The lowest BCUT2D eigenvalue weighted by Crippen LogP contribution is -2.22. The van der Waals surface area contributed by atoms with Gasteiger partial charge in [-0.05, 0) is 46.7 Å². The standard InChI is InChI=1S/C22H20N6O4S/c1-32-18-4-2-3-15(9-18)11-23-21(29)17-10-19(33-13-17)20-24-27-28(25-20)12-14-5-7-16(8-6-14)22(30)26-31/h2-10,13,31H,11-12H2,1H3,(H,23,29)(H,26,30). The normalized spacial score (nSPS) is 10.6. The van der Waals surface area contributed by atoms with Gasteiger partial charge in [0.25, 0.3) is 11.8 Å². The van der Waals surface area contributed by atoms with Gasteiger partial charge in [-0.3, -0.25) is 14.8 Å². The summed E-state index contributed by atoms with van der Waals surface area (Å²) in [5, 5.41) is 25.8. The van der Waals surface area contributed by atoms with Crippen molar-refractivity contribution < 1.29 is 19.5 Å². The van der Waals surface area contributed by atoms with Crippen molar-refractivity contribution in [3.63, 3.8) is 0 Å². The van der Waals surface area contributed by atoms with Crippen molar-refractivity contribution in [2.75, 3.05) is 7.11 Å². The molecule has 2 aromatic carbocycles. The van der Waals surface area contributed by atoms with Gasteiger partial charge < -0.3 is 10.1 Å². The van der Waals surface area contributed by atoms with Gasteiger partial charge >= 0.3 is 0 Å². The Morgan fingerprint density at radius 2 is 1.88 bits per heavy atom. The summed E-state index contributed by atoms with van der Waals surface area (Å²) in [7, 11) is 1.60. The highest BCUT2D eigenvalue weighted by Crippen LogP contribution is 2.24. The van der Waals surface area contributed by atoms with Crippen LogP contribution in [-0.2, 0) is 13.1 Å². The molecule has 0 bridgehead atoms. The van der Waals surface area contributed by atoms with Crippen molar-refractivity contribution in [3.05, 3.63) is 82.2 Å². The molecule has 0 saturated heterocycles. The number of carbonyl (C=O) groups is 2. The van der Waals surface area contributed by atoms with Crippen molar-refractivity contribution in [2.24, 2.45) is 0 Å². The molecule has 0 spiro atoms. The van der Waals surface area contributed by atoms with Crippen molar-refractivity contribution >= 4 is 23.2 Å². The highest BCUT2D eigenvalue weighted by molar-refractivity contribution is 7.13. The average molecular weight is 465 g/mol. The monoisotopic (exact) mass is 464 g/mol. The van der Waals surface area contributed by atoms with Crippen LogP contribution in [0.3, 0.4) is 0 Å². The largest absolute Gasteiger partial charge is 0.497 e. The van der Waals surface area contributed by atoms with E-state index in [0.29, 0.717) is 30.0 Å². The SMILES string of the molecule is COc1cccc(CNC(=O)c2csc(-c3nnn(Cc4ccc(C(=O)NO)cc4)n3)c2)c1. The Balaban J connectivity index is 1.37. The molecule has 10 nitrogen and oxygen atoms in total. The summed E-state index contributed by atoms with van der Waals surface area (Å²) in [4.78, 5) is 26.1. The van der Waals surface area contributed by atoms with E-state index in [9.17, 15) is 9.59 Å². The number of hydroxylamine groups is 1. The summed E-state index contributed by atoms with van der Waals surface area (Å²) in [5.74, 6) is 0.381. The number of hydrogen-bond donors (Lipinski definition) is 3. The summed E-state index contributed by atoms with van der Waals surface area (Å²) < 4.78 is 5.20. The number of methoxy groups -OCH3 is 1. The van der Waals surface area contributed by atoms with Gasteiger partial charge in [-0.2, -0.15) is 4.80 Å².